The lowest BCUT2D eigenvalue weighted by atomic mass is 10.2. The highest BCUT2D eigenvalue weighted by Crippen LogP contribution is 2.35. The summed E-state index contributed by atoms with van der Waals surface area (Å²) in [5.41, 5.74) is 1.13. The van der Waals surface area contributed by atoms with Crippen molar-refractivity contribution in [1.29, 1.82) is 0 Å². The van der Waals surface area contributed by atoms with Gasteiger partial charge in [-0.1, -0.05) is 5.57 Å². The molecule has 0 spiro atoms. The molecule has 1 rings (SSSR count). The summed E-state index contributed by atoms with van der Waals surface area (Å²) in [6.45, 7) is 1.59. The monoisotopic (exact) mass is 198 g/mol. The number of hydrogen-bond donors (Lipinski definition) is 3. The molecule has 5 nitrogen and oxygen atoms in total. The van der Waals surface area contributed by atoms with E-state index >= 15 is 0 Å². The Labute approximate surface area is 82.2 Å². The van der Waals surface area contributed by atoms with Crippen molar-refractivity contribution in [2.24, 2.45) is 5.92 Å². The summed E-state index contributed by atoms with van der Waals surface area (Å²) in [6.07, 6.45) is 4.00. The fourth-order valence-electron chi connectivity index (χ4n) is 1.04. The number of nitrogens with one attached hydrogen (secondary N) is 2. The number of carboxylic acids is 1. The molecule has 1 saturated carbocycles. The number of amides is 2. The molecule has 0 unspecified atom stereocenters. The highest BCUT2D eigenvalue weighted by molar-refractivity contribution is 5.80. The first-order valence-electron chi connectivity index (χ1n) is 4.52. The minimum absolute atomic E-state index is 0.359. The molecule has 1 aliphatic carbocycles. The molecule has 0 aromatic rings. The average Bonchev–Trinajstić information content (AvgIpc) is 2.93. The molecule has 0 atom stereocenters. The first kappa shape index (κ1) is 10.6. The molecule has 0 saturated heterocycles. The second kappa shape index (κ2) is 4.64. The second-order valence-electron chi connectivity index (χ2n) is 3.38. The number of aliphatic carboxylic acids is 1. The average molecular weight is 198 g/mol. The molecule has 0 aliphatic heterocycles. The zero-order valence-electron chi connectivity index (χ0n) is 8.04. The first-order chi connectivity index (χ1) is 6.59. The van der Waals surface area contributed by atoms with Crippen molar-refractivity contribution >= 4 is 12.0 Å². The number of allylic oxidation sites excluding steroid dienone is 1. The molecule has 0 heterocycles. The van der Waals surface area contributed by atoms with Gasteiger partial charge in [-0.05, 0) is 25.7 Å². The van der Waals surface area contributed by atoms with Gasteiger partial charge in [0.2, 0.25) is 0 Å². The van der Waals surface area contributed by atoms with E-state index in [9.17, 15) is 9.59 Å². The van der Waals surface area contributed by atoms with E-state index in [0.29, 0.717) is 5.92 Å². The van der Waals surface area contributed by atoms with Crippen molar-refractivity contribution in [1.82, 2.24) is 10.6 Å². The number of rotatable bonds is 4. The number of urea groups is 1. The van der Waals surface area contributed by atoms with Gasteiger partial charge in [0.05, 0.1) is 0 Å². The van der Waals surface area contributed by atoms with Crippen LogP contribution >= 0.6 is 0 Å². The molecule has 3 N–H and O–H groups in total. The third kappa shape index (κ3) is 3.93. The molecule has 0 radical (unpaired) electrons. The predicted octanol–water partition coefficient (Wildman–Crippen LogP) is 0.684. The van der Waals surface area contributed by atoms with Crippen molar-refractivity contribution in [2.75, 3.05) is 6.54 Å². The summed E-state index contributed by atoms with van der Waals surface area (Å²) in [6, 6.07) is -0.479. The zero-order chi connectivity index (χ0) is 10.6. The summed E-state index contributed by atoms with van der Waals surface area (Å²) in [4.78, 5) is 21.1. The molecule has 1 aliphatic rings. The van der Waals surface area contributed by atoms with Crippen molar-refractivity contribution in [3.63, 3.8) is 0 Å². The van der Waals surface area contributed by atoms with Gasteiger partial charge in [-0.15, -0.1) is 0 Å². The number of carboxylic acid groups (broad SMARTS) is 1. The molecule has 5 heteroatoms. The Morgan fingerprint density at radius 2 is 2.14 bits per heavy atom. The van der Waals surface area contributed by atoms with Crippen LogP contribution in [0.2, 0.25) is 0 Å². The third-order valence-corrected chi connectivity index (χ3v) is 2.05. The van der Waals surface area contributed by atoms with Crippen LogP contribution in [0.1, 0.15) is 19.8 Å². The SMILES string of the molecule is C/C(=C\NC(=O)NCC(=O)O)C1CC1. The maximum atomic E-state index is 11.0. The molecule has 0 aromatic heterocycles. The van der Waals surface area contributed by atoms with Gasteiger partial charge in [0.15, 0.2) is 0 Å². The molecule has 0 aromatic carbocycles. The Balaban J connectivity index is 2.19. The van der Waals surface area contributed by atoms with E-state index in [1.807, 2.05) is 6.92 Å². The maximum absolute atomic E-state index is 11.0. The van der Waals surface area contributed by atoms with Crippen LogP contribution in [0.4, 0.5) is 4.79 Å². The fraction of sp³-hybridized carbons (Fsp3) is 0.556. The normalized spacial score (nSPS) is 16.2. The first-order valence-corrected chi connectivity index (χ1v) is 4.52. The lowest BCUT2D eigenvalue weighted by molar-refractivity contribution is -0.135. The van der Waals surface area contributed by atoms with Crippen LogP contribution in [-0.4, -0.2) is 23.7 Å². The number of hydrogen-bond acceptors (Lipinski definition) is 2. The van der Waals surface area contributed by atoms with E-state index in [4.69, 9.17) is 5.11 Å². The third-order valence-electron chi connectivity index (χ3n) is 2.05. The van der Waals surface area contributed by atoms with Gasteiger partial charge in [-0.2, -0.15) is 0 Å². The van der Waals surface area contributed by atoms with E-state index in [2.05, 4.69) is 10.6 Å². The molecular formula is C9H14N2O3. The van der Waals surface area contributed by atoms with E-state index in [0.717, 1.165) is 5.57 Å². The Kier molecular flexibility index (Phi) is 3.50. The maximum Gasteiger partial charge on any atom is 0.323 e. The predicted molar refractivity (Wildman–Crippen MR) is 50.7 cm³/mol. The number of carbonyl (C=O) groups is 2. The fourth-order valence-corrected chi connectivity index (χ4v) is 1.04. The van der Waals surface area contributed by atoms with Gasteiger partial charge >= 0.3 is 12.0 Å². The Morgan fingerprint density at radius 3 is 2.64 bits per heavy atom. The van der Waals surface area contributed by atoms with E-state index in [-0.39, 0.29) is 6.54 Å². The highest BCUT2D eigenvalue weighted by atomic mass is 16.4. The smallest absolute Gasteiger partial charge is 0.323 e. The molecule has 1 fully saturated rings. The van der Waals surface area contributed by atoms with Crippen LogP contribution in [0.15, 0.2) is 11.8 Å². The quantitative estimate of drug-likeness (QED) is 0.621. The van der Waals surface area contributed by atoms with Gasteiger partial charge in [0.25, 0.3) is 0 Å². The minimum Gasteiger partial charge on any atom is -0.480 e. The Bertz CT molecular complexity index is 269. The van der Waals surface area contributed by atoms with Crippen LogP contribution in [0.25, 0.3) is 0 Å². The molecular weight excluding hydrogens is 184 g/mol. The summed E-state index contributed by atoms with van der Waals surface area (Å²) < 4.78 is 0. The van der Waals surface area contributed by atoms with Crippen LogP contribution in [0.3, 0.4) is 0 Å². The largest absolute Gasteiger partial charge is 0.480 e. The lowest BCUT2D eigenvalue weighted by Gasteiger charge is -2.02. The van der Waals surface area contributed by atoms with Crippen LogP contribution < -0.4 is 10.6 Å². The van der Waals surface area contributed by atoms with Gasteiger partial charge in [0, 0.05) is 6.20 Å². The Morgan fingerprint density at radius 1 is 1.50 bits per heavy atom. The summed E-state index contributed by atoms with van der Waals surface area (Å²) in [5, 5.41) is 13.0. The topological polar surface area (TPSA) is 78.4 Å². The van der Waals surface area contributed by atoms with Crippen LogP contribution in [0.5, 0.6) is 0 Å². The van der Waals surface area contributed by atoms with Gasteiger partial charge in [-0.25, -0.2) is 4.79 Å². The van der Waals surface area contributed by atoms with Gasteiger partial charge in [-0.3, -0.25) is 4.79 Å². The van der Waals surface area contributed by atoms with E-state index < -0.39 is 12.0 Å². The standard InChI is InChI=1S/C9H14N2O3/c1-6(7-2-3-7)4-10-9(14)11-5-8(12)13/h4,7H,2-3,5H2,1H3,(H,12,13)(H2,10,11,14)/b6-4+. The zero-order valence-corrected chi connectivity index (χ0v) is 8.04. The van der Waals surface area contributed by atoms with Gasteiger partial charge in [0.1, 0.15) is 6.54 Å². The molecule has 14 heavy (non-hydrogen) atoms. The summed E-state index contributed by atoms with van der Waals surface area (Å²) in [7, 11) is 0. The van der Waals surface area contributed by atoms with Crippen LogP contribution in [0, 0.1) is 5.92 Å². The molecule has 0 bridgehead atoms. The molecule has 2 amide bonds. The van der Waals surface area contributed by atoms with E-state index in [1.54, 1.807) is 6.20 Å². The van der Waals surface area contributed by atoms with Gasteiger partial charge < -0.3 is 15.7 Å². The van der Waals surface area contributed by atoms with Crippen molar-refractivity contribution in [3.05, 3.63) is 11.8 Å². The van der Waals surface area contributed by atoms with Crippen LogP contribution in [-0.2, 0) is 4.79 Å². The van der Waals surface area contributed by atoms with E-state index in [1.165, 1.54) is 12.8 Å². The van der Waals surface area contributed by atoms with Crippen molar-refractivity contribution in [3.8, 4) is 0 Å². The minimum atomic E-state index is -1.05. The molecule has 78 valence electrons. The summed E-state index contributed by atoms with van der Waals surface area (Å²) in [5.74, 6) is -0.446. The van der Waals surface area contributed by atoms with Crippen molar-refractivity contribution in [2.45, 2.75) is 19.8 Å². The lowest BCUT2D eigenvalue weighted by Crippen LogP contribution is -2.35. The second-order valence-corrected chi connectivity index (χ2v) is 3.38. The van der Waals surface area contributed by atoms with Crippen molar-refractivity contribution < 1.29 is 14.7 Å². The number of carbonyl (C=O) groups excluding carboxylic acids is 1. The Hall–Kier alpha value is -1.52. The summed E-state index contributed by atoms with van der Waals surface area (Å²) >= 11 is 0. The highest BCUT2D eigenvalue weighted by Gasteiger charge is 2.22.